The van der Waals surface area contributed by atoms with Crippen LogP contribution in [0.25, 0.3) is 0 Å². The van der Waals surface area contributed by atoms with Crippen LogP contribution in [0.5, 0.6) is 23.0 Å². The SMILES string of the molecule is CCN(CCCCCC=Nc1cc(O)c(NCCCCCCN(CC)Cc2cc(Br)cc(Br)c2OC)cc1O)Cc1cc(Br)cc(Br)c1OC. The molecule has 0 aromatic heterocycles. The number of benzene rings is 3. The van der Waals surface area contributed by atoms with E-state index in [2.05, 4.69) is 110 Å². The summed E-state index contributed by atoms with van der Waals surface area (Å²) in [4.78, 5) is 9.29. The lowest BCUT2D eigenvalue weighted by molar-refractivity contribution is 0.267. The number of rotatable bonds is 23. The molecule has 12 heteroatoms. The second kappa shape index (κ2) is 23.0. The van der Waals surface area contributed by atoms with Crippen LogP contribution in [0.4, 0.5) is 11.4 Å². The Kier molecular flexibility index (Phi) is 19.6. The highest BCUT2D eigenvalue weighted by Gasteiger charge is 2.14. The molecule has 0 amide bonds. The Hall–Kier alpha value is -1.83. The highest BCUT2D eigenvalue weighted by Crippen LogP contribution is 2.37. The topological polar surface area (TPSA) is 89.8 Å². The van der Waals surface area contributed by atoms with E-state index in [-0.39, 0.29) is 11.5 Å². The average Bonchev–Trinajstić information content (AvgIpc) is 3.07. The zero-order chi connectivity index (χ0) is 36.5. The van der Waals surface area contributed by atoms with E-state index in [1.54, 1.807) is 20.3 Å². The molecule has 0 saturated heterocycles. The molecule has 0 aliphatic carbocycles. The fourth-order valence-corrected chi connectivity index (χ4v) is 8.81. The van der Waals surface area contributed by atoms with E-state index in [1.807, 2.05) is 18.3 Å². The molecule has 0 heterocycles. The number of ether oxygens (including phenoxy) is 2. The van der Waals surface area contributed by atoms with Gasteiger partial charge in [0.1, 0.15) is 28.7 Å². The Morgan fingerprint density at radius 1 is 0.680 bits per heavy atom. The van der Waals surface area contributed by atoms with Gasteiger partial charge in [0.15, 0.2) is 0 Å². The fraction of sp³-hybridized carbons (Fsp3) is 0.500. The van der Waals surface area contributed by atoms with E-state index in [1.165, 1.54) is 6.07 Å². The summed E-state index contributed by atoms with van der Waals surface area (Å²) in [5, 5.41) is 24.4. The van der Waals surface area contributed by atoms with Crippen LogP contribution in [0, 0.1) is 0 Å². The van der Waals surface area contributed by atoms with Crippen molar-refractivity contribution >= 4 is 81.3 Å². The summed E-state index contributed by atoms with van der Waals surface area (Å²) in [6.45, 7) is 10.7. The first-order valence-corrected chi connectivity index (χ1v) is 20.6. The van der Waals surface area contributed by atoms with Crippen molar-refractivity contribution in [1.82, 2.24) is 9.80 Å². The number of nitrogens with one attached hydrogen (secondary N) is 1. The van der Waals surface area contributed by atoms with Crippen molar-refractivity contribution in [3.05, 3.63) is 65.4 Å². The molecule has 276 valence electrons. The molecule has 0 unspecified atom stereocenters. The summed E-state index contributed by atoms with van der Waals surface area (Å²) >= 11 is 14.4. The minimum Gasteiger partial charge on any atom is -0.506 e. The van der Waals surface area contributed by atoms with Crippen LogP contribution in [0.3, 0.4) is 0 Å². The van der Waals surface area contributed by atoms with E-state index in [0.29, 0.717) is 11.4 Å². The lowest BCUT2D eigenvalue weighted by Crippen LogP contribution is -2.24. The summed E-state index contributed by atoms with van der Waals surface area (Å²) in [7, 11) is 3.42. The third-order valence-corrected chi connectivity index (χ3v) is 10.7. The molecule has 3 aromatic rings. The van der Waals surface area contributed by atoms with Crippen molar-refractivity contribution in [1.29, 1.82) is 0 Å². The number of halogens is 4. The van der Waals surface area contributed by atoms with Crippen molar-refractivity contribution in [3.63, 3.8) is 0 Å². The van der Waals surface area contributed by atoms with Crippen molar-refractivity contribution in [2.75, 3.05) is 52.3 Å². The maximum Gasteiger partial charge on any atom is 0.143 e. The fourth-order valence-electron chi connectivity index (χ4n) is 5.86. The normalized spacial score (nSPS) is 11.6. The first-order chi connectivity index (χ1) is 24.1. The molecule has 0 aliphatic heterocycles. The number of aromatic hydroxyl groups is 2. The van der Waals surface area contributed by atoms with Gasteiger partial charge in [-0.2, -0.15) is 0 Å². The van der Waals surface area contributed by atoms with Crippen LogP contribution in [-0.2, 0) is 13.1 Å². The van der Waals surface area contributed by atoms with Gasteiger partial charge >= 0.3 is 0 Å². The summed E-state index contributed by atoms with van der Waals surface area (Å²) in [5.41, 5.74) is 3.23. The highest BCUT2D eigenvalue weighted by molar-refractivity contribution is 9.11. The Balaban J connectivity index is 1.33. The van der Waals surface area contributed by atoms with Crippen molar-refractivity contribution in [2.45, 2.75) is 78.3 Å². The highest BCUT2D eigenvalue weighted by atomic mass is 79.9. The molecule has 0 saturated carbocycles. The van der Waals surface area contributed by atoms with E-state index < -0.39 is 0 Å². The second-order valence-electron chi connectivity index (χ2n) is 12.3. The molecule has 3 N–H and O–H groups in total. The number of unbranched alkanes of at least 4 members (excludes halogenated alkanes) is 6. The number of anilines is 1. The van der Waals surface area contributed by atoms with Gasteiger partial charge < -0.3 is 25.0 Å². The van der Waals surface area contributed by atoms with Crippen LogP contribution < -0.4 is 14.8 Å². The van der Waals surface area contributed by atoms with Crippen molar-refractivity contribution in [2.24, 2.45) is 4.99 Å². The number of hydrogen-bond acceptors (Lipinski definition) is 8. The van der Waals surface area contributed by atoms with Crippen LogP contribution in [0.1, 0.15) is 76.3 Å². The molecular weight excluding hydrogens is 896 g/mol. The lowest BCUT2D eigenvalue weighted by Gasteiger charge is -2.22. The maximum atomic E-state index is 10.6. The van der Waals surface area contributed by atoms with Gasteiger partial charge in [-0.15, -0.1) is 0 Å². The molecule has 50 heavy (non-hydrogen) atoms. The van der Waals surface area contributed by atoms with Gasteiger partial charge in [0.2, 0.25) is 0 Å². The zero-order valence-corrected chi connectivity index (χ0v) is 36.1. The van der Waals surface area contributed by atoms with E-state index in [9.17, 15) is 10.2 Å². The standard InChI is InChI=1S/C38H52Br4N4O4/c1-5-45(25-27-19-29(39)21-31(41)37(27)49-3)17-13-9-7-11-15-43-33-23-36(48)34(24-35(33)47)44-16-12-8-10-14-18-46(6-2)26-28-20-30(40)22-32(42)38(28)50-4/h15,19-24,44,47-48H,5-14,16-18,25-26H2,1-4H3. The smallest absolute Gasteiger partial charge is 0.143 e. The summed E-state index contributed by atoms with van der Waals surface area (Å²) in [6, 6.07) is 11.3. The molecule has 0 radical (unpaired) electrons. The third kappa shape index (κ3) is 14.0. The predicted octanol–water partition coefficient (Wildman–Crippen LogP) is 11.4. The molecule has 3 rings (SSSR count). The largest absolute Gasteiger partial charge is 0.506 e. The van der Waals surface area contributed by atoms with Gasteiger partial charge in [-0.05, 0) is 114 Å². The first kappa shape index (κ1) is 42.6. The summed E-state index contributed by atoms with van der Waals surface area (Å²) < 4.78 is 15.2. The number of phenols is 2. The molecule has 8 nitrogen and oxygen atoms in total. The number of hydrogen-bond donors (Lipinski definition) is 3. The number of aliphatic imine (C=N–C) groups is 1. The van der Waals surface area contributed by atoms with Gasteiger partial charge in [-0.25, -0.2) is 0 Å². The van der Waals surface area contributed by atoms with Crippen LogP contribution in [0.15, 0.2) is 59.3 Å². The minimum atomic E-state index is 0.0588. The van der Waals surface area contributed by atoms with Crippen LogP contribution in [0.2, 0.25) is 0 Å². The average molecular weight is 948 g/mol. The third-order valence-electron chi connectivity index (χ3n) is 8.61. The van der Waals surface area contributed by atoms with Gasteiger partial charge in [0.25, 0.3) is 0 Å². The van der Waals surface area contributed by atoms with Crippen molar-refractivity contribution in [3.8, 4) is 23.0 Å². The van der Waals surface area contributed by atoms with E-state index >= 15 is 0 Å². The molecule has 0 aliphatic rings. The quantitative estimate of drug-likeness (QED) is 0.0378. The predicted molar refractivity (Wildman–Crippen MR) is 222 cm³/mol. The molecule has 0 bridgehead atoms. The van der Waals surface area contributed by atoms with Crippen molar-refractivity contribution < 1.29 is 19.7 Å². The number of nitrogens with zero attached hydrogens (tertiary/aromatic N) is 3. The Labute approximate surface area is 332 Å². The molecule has 0 spiro atoms. The van der Waals surface area contributed by atoms with Gasteiger partial charge in [-0.3, -0.25) is 14.8 Å². The Morgan fingerprint density at radius 2 is 1.20 bits per heavy atom. The molecule has 3 aromatic carbocycles. The van der Waals surface area contributed by atoms with E-state index in [4.69, 9.17) is 9.47 Å². The molecule has 0 fully saturated rings. The zero-order valence-electron chi connectivity index (χ0n) is 29.7. The van der Waals surface area contributed by atoms with E-state index in [0.717, 1.165) is 138 Å². The first-order valence-electron chi connectivity index (χ1n) is 17.4. The van der Waals surface area contributed by atoms with Crippen LogP contribution in [-0.4, -0.2) is 73.2 Å². The molecular formula is C38H52Br4N4O4. The Morgan fingerprint density at radius 3 is 1.72 bits per heavy atom. The lowest BCUT2D eigenvalue weighted by atomic mass is 10.1. The van der Waals surface area contributed by atoms with Gasteiger partial charge in [0.05, 0.1) is 28.9 Å². The van der Waals surface area contributed by atoms with Gasteiger partial charge in [0, 0.05) is 58.1 Å². The number of phenolic OH excluding ortho intramolecular Hbond substituents is 2. The summed E-state index contributed by atoms with van der Waals surface area (Å²) in [6.07, 6.45) is 10.1. The summed E-state index contributed by atoms with van der Waals surface area (Å²) in [5.74, 6) is 1.92. The molecule has 0 atom stereocenters. The van der Waals surface area contributed by atoms with Gasteiger partial charge in [-0.1, -0.05) is 65.0 Å². The minimum absolute atomic E-state index is 0.0588. The Bertz CT molecular complexity index is 1520. The number of methoxy groups -OCH3 is 2. The monoisotopic (exact) mass is 944 g/mol. The van der Waals surface area contributed by atoms with Crippen LogP contribution >= 0.6 is 63.7 Å². The second-order valence-corrected chi connectivity index (χ2v) is 15.8. The maximum absolute atomic E-state index is 10.6.